The van der Waals surface area contributed by atoms with Gasteiger partial charge in [0.2, 0.25) is 0 Å². The maximum Gasteiger partial charge on any atom is 0.294 e. The number of amides is 1. The number of rotatable bonds is 8. The van der Waals surface area contributed by atoms with Gasteiger partial charge in [0.1, 0.15) is 17.1 Å². The van der Waals surface area contributed by atoms with Crippen LogP contribution in [0.4, 0.5) is 17.1 Å². The van der Waals surface area contributed by atoms with E-state index >= 15 is 0 Å². The van der Waals surface area contributed by atoms with Crippen molar-refractivity contribution in [3.8, 4) is 11.5 Å². The fourth-order valence-corrected chi connectivity index (χ4v) is 4.96. The van der Waals surface area contributed by atoms with Crippen molar-refractivity contribution in [1.82, 2.24) is 0 Å². The summed E-state index contributed by atoms with van der Waals surface area (Å²) in [5.41, 5.74) is 0.778. The van der Waals surface area contributed by atoms with Crippen molar-refractivity contribution in [2.24, 2.45) is 10.2 Å². The molecule has 0 aliphatic rings. The smallest absolute Gasteiger partial charge is 0.294 e. The van der Waals surface area contributed by atoms with Crippen LogP contribution in [-0.2, 0) is 16.5 Å². The number of hydrogen-bond acceptors (Lipinski definition) is 7. The number of phenolic OH excluding ortho intramolecular Hbond substituents is 1. The average molecular weight is 588 g/mol. The van der Waals surface area contributed by atoms with Crippen molar-refractivity contribution in [1.29, 1.82) is 0 Å². The van der Waals surface area contributed by atoms with E-state index in [-0.39, 0.29) is 31.9 Å². The fourth-order valence-electron chi connectivity index (χ4n) is 3.90. The van der Waals surface area contributed by atoms with Gasteiger partial charge in [-0.25, -0.2) is 0 Å². The predicted molar refractivity (Wildman–Crippen MR) is 151 cm³/mol. The molecular formula is C27H23Cl2N3O6S. The molecule has 1 amide bonds. The number of azo groups is 1. The maximum absolute atomic E-state index is 13.3. The SMILES string of the molecule is CCOc1ccc(Cl)c(NC(=O)c2cc3ccccc3c(N=Nc3c(Cl)cc(S(=O)(=O)O)cc3CC)c2O)c1. The summed E-state index contributed by atoms with van der Waals surface area (Å²) in [5, 5.41) is 23.6. The van der Waals surface area contributed by atoms with Crippen molar-refractivity contribution in [3.05, 3.63) is 81.8 Å². The highest BCUT2D eigenvalue weighted by molar-refractivity contribution is 7.85. The first-order valence-corrected chi connectivity index (χ1v) is 13.9. The molecule has 0 saturated carbocycles. The number of aromatic hydroxyl groups is 1. The molecular weight excluding hydrogens is 565 g/mol. The van der Waals surface area contributed by atoms with Crippen LogP contribution in [-0.4, -0.2) is 30.6 Å². The van der Waals surface area contributed by atoms with Gasteiger partial charge in [-0.3, -0.25) is 9.35 Å². The van der Waals surface area contributed by atoms with Gasteiger partial charge in [-0.1, -0.05) is 54.4 Å². The molecule has 12 heteroatoms. The summed E-state index contributed by atoms with van der Waals surface area (Å²) in [5.74, 6) is -0.566. The lowest BCUT2D eigenvalue weighted by Crippen LogP contribution is -2.12. The molecule has 0 spiro atoms. The minimum absolute atomic E-state index is 0.00406. The lowest BCUT2D eigenvalue weighted by molar-refractivity contribution is 0.102. The van der Waals surface area contributed by atoms with Crippen LogP contribution in [0, 0.1) is 0 Å². The van der Waals surface area contributed by atoms with Crippen molar-refractivity contribution in [2.45, 2.75) is 25.2 Å². The number of hydrogen-bond donors (Lipinski definition) is 3. The molecule has 0 radical (unpaired) electrons. The first-order valence-electron chi connectivity index (χ1n) is 11.7. The van der Waals surface area contributed by atoms with Gasteiger partial charge in [0.05, 0.1) is 32.8 Å². The van der Waals surface area contributed by atoms with Crippen molar-refractivity contribution >= 4 is 67.1 Å². The van der Waals surface area contributed by atoms with Gasteiger partial charge < -0.3 is 15.2 Å². The lowest BCUT2D eigenvalue weighted by Gasteiger charge is -2.13. The van der Waals surface area contributed by atoms with Crippen LogP contribution >= 0.6 is 23.2 Å². The van der Waals surface area contributed by atoms with Gasteiger partial charge in [0.25, 0.3) is 16.0 Å². The van der Waals surface area contributed by atoms with Crippen molar-refractivity contribution < 1.29 is 27.6 Å². The third kappa shape index (κ3) is 6.15. The normalized spacial score (nSPS) is 11.7. The summed E-state index contributed by atoms with van der Waals surface area (Å²) in [6.45, 7) is 4.01. The van der Waals surface area contributed by atoms with Gasteiger partial charge in [-0.05, 0) is 54.6 Å². The van der Waals surface area contributed by atoms with E-state index in [1.165, 1.54) is 12.1 Å². The minimum atomic E-state index is -4.49. The molecule has 0 aliphatic heterocycles. The quantitative estimate of drug-likeness (QED) is 0.142. The largest absolute Gasteiger partial charge is 0.505 e. The number of phenols is 1. The number of nitrogens with one attached hydrogen (secondary N) is 1. The Morgan fingerprint density at radius 3 is 2.38 bits per heavy atom. The van der Waals surface area contributed by atoms with Crippen LogP contribution in [0.25, 0.3) is 10.8 Å². The number of halogens is 2. The zero-order chi connectivity index (χ0) is 28.3. The molecule has 0 fully saturated rings. The van der Waals surface area contributed by atoms with E-state index in [0.717, 1.165) is 6.07 Å². The monoisotopic (exact) mass is 587 g/mol. The van der Waals surface area contributed by atoms with Crippen molar-refractivity contribution in [3.63, 3.8) is 0 Å². The number of carbonyl (C=O) groups is 1. The lowest BCUT2D eigenvalue weighted by atomic mass is 10.0. The summed E-state index contributed by atoms with van der Waals surface area (Å²) < 4.78 is 38.1. The molecule has 4 rings (SSSR count). The molecule has 0 unspecified atom stereocenters. The Morgan fingerprint density at radius 1 is 0.974 bits per heavy atom. The zero-order valence-electron chi connectivity index (χ0n) is 20.8. The molecule has 0 atom stereocenters. The van der Waals surface area contributed by atoms with E-state index in [1.54, 1.807) is 49.4 Å². The Morgan fingerprint density at radius 2 is 1.69 bits per heavy atom. The number of fused-ring (bicyclic) bond motifs is 1. The van der Waals surface area contributed by atoms with Crippen LogP contribution in [0.1, 0.15) is 29.8 Å². The predicted octanol–water partition coefficient (Wildman–Crippen LogP) is 7.73. The maximum atomic E-state index is 13.3. The summed E-state index contributed by atoms with van der Waals surface area (Å²) >= 11 is 12.5. The molecule has 0 saturated heterocycles. The topological polar surface area (TPSA) is 138 Å². The number of anilines is 1. The highest BCUT2D eigenvalue weighted by Gasteiger charge is 2.21. The van der Waals surface area contributed by atoms with Gasteiger partial charge in [0, 0.05) is 11.5 Å². The van der Waals surface area contributed by atoms with Crippen LogP contribution in [0.3, 0.4) is 0 Å². The Kier molecular flexibility index (Phi) is 8.41. The molecule has 4 aromatic rings. The van der Waals surface area contributed by atoms with Crippen LogP contribution < -0.4 is 10.1 Å². The van der Waals surface area contributed by atoms with Gasteiger partial charge >= 0.3 is 0 Å². The second-order valence-corrected chi connectivity index (χ2v) is 10.5. The number of benzene rings is 4. The Labute approximate surface area is 234 Å². The van der Waals surface area contributed by atoms with Gasteiger partial charge in [-0.2, -0.15) is 8.42 Å². The summed E-state index contributed by atoms with van der Waals surface area (Å²) in [6, 6.07) is 15.6. The van der Waals surface area contributed by atoms with E-state index in [4.69, 9.17) is 27.9 Å². The zero-order valence-corrected chi connectivity index (χ0v) is 23.1. The third-order valence-electron chi connectivity index (χ3n) is 5.78. The van der Waals surface area contributed by atoms with E-state index in [1.807, 2.05) is 6.92 Å². The average Bonchev–Trinajstić information content (AvgIpc) is 2.89. The molecule has 4 aromatic carbocycles. The highest BCUT2D eigenvalue weighted by Crippen LogP contribution is 2.41. The standard InChI is InChI=1S/C27H23Cl2N3O6S/c1-3-15-11-18(39(35,36)37)14-22(29)24(15)31-32-25-19-8-6-5-7-16(19)12-20(26(25)33)27(34)30-23-13-17(38-4-2)9-10-21(23)28/h5-14,33H,3-4H2,1-2H3,(H,30,34)(H,35,36,37). The molecule has 0 bridgehead atoms. The molecule has 9 nitrogen and oxygen atoms in total. The number of aryl methyl sites for hydroxylation is 1. The highest BCUT2D eigenvalue weighted by atomic mass is 35.5. The second-order valence-electron chi connectivity index (χ2n) is 8.31. The molecule has 0 aliphatic carbocycles. The Bertz CT molecular complexity index is 1720. The minimum Gasteiger partial charge on any atom is -0.505 e. The molecule has 0 heterocycles. The number of carbonyl (C=O) groups excluding carboxylic acids is 1. The summed E-state index contributed by atoms with van der Waals surface area (Å²) in [7, 11) is -4.49. The second kappa shape index (κ2) is 11.6. The van der Waals surface area contributed by atoms with Crippen LogP contribution in [0.15, 0.2) is 75.8 Å². The summed E-state index contributed by atoms with van der Waals surface area (Å²) in [4.78, 5) is 12.9. The van der Waals surface area contributed by atoms with Crippen LogP contribution in [0.5, 0.6) is 11.5 Å². The van der Waals surface area contributed by atoms with Gasteiger partial charge in [0.15, 0.2) is 5.75 Å². The Hall–Kier alpha value is -3.70. The number of ether oxygens (including phenoxy) is 1. The molecule has 39 heavy (non-hydrogen) atoms. The third-order valence-corrected chi connectivity index (χ3v) is 7.23. The molecule has 202 valence electrons. The van der Waals surface area contributed by atoms with E-state index in [0.29, 0.717) is 40.8 Å². The Balaban J connectivity index is 1.80. The van der Waals surface area contributed by atoms with Gasteiger partial charge in [-0.15, -0.1) is 10.2 Å². The number of nitrogens with zero attached hydrogens (tertiary/aromatic N) is 2. The molecule has 3 N–H and O–H groups in total. The first kappa shape index (κ1) is 28.3. The fraction of sp³-hybridized carbons (Fsp3) is 0.148. The van der Waals surface area contributed by atoms with Crippen LogP contribution in [0.2, 0.25) is 10.0 Å². The van der Waals surface area contributed by atoms with E-state index in [9.17, 15) is 22.9 Å². The summed E-state index contributed by atoms with van der Waals surface area (Å²) in [6.07, 6.45) is 0.328. The first-order chi connectivity index (χ1) is 18.5. The molecule has 0 aromatic heterocycles. The van der Waals surface area contributed by atoms with E-state index < -0.39 is 21.8 Å². The van der Waals surface area contributed by atoms with Crippen molar-refractivity contribution in [2.75, 3.05) is 11.9 Å². The van der Waals surface area contributed by atoms with E-state index in [2.05, 4.69) is 15.5 Å².